The van der Waals surface area contributed by atoms with Gasteiger partial charge in [0.2, 0.25) is 5.91 Å². The van der Waals surface area contributed by atoms with Gasteiger partial charge in [-0.3, -0.25) is 4.79 Å². The Balaban J connectivity index is 2.28. The first kappa shape index (κ1) is 20.5. The number of rotatable bonds is 8. The summed E-state index contributed by atoms with van der Waals surface area (Å²) in [5, 5.41) is 3.94. The van der Waals surface area contributed by atoms with E-state index < -0.39 is 11.7 Å². The maximum atomic E-state index is 15.1. The third kappa shape index (κ3) is 5.34. The zero-order chi connectivity index (χ0) is 19.3. The predicted molar refractivity (Wildman–Crippen MR) is 102 cm³/mol. The zero-order valence-electron chi connectivity index (χ0n) is 14.6. The van der Waals surface area contributed by atoms with Crippen LogP contribution in [-0.2, 0) is 4.79 Å². The van der Waals surface area contributed by atoms with E-state index in [9.17, 15) is 4.79 Å². The van der Waals surface area contributed by atoms with Gasteiger partial charge in [-0.25, -0.2) is 4.39 Å². The highest BCUT2D eigenvalue weighted by atomic mass is 35.5. The summed E-state index contributed by atoms with van der Waals surface area (Å²) in [4.78, 5) is 11.1. The van der Waals surface area contributed by atoms with Gasteiger partial charge in [0.25, 0.3) is 0 Å². The van der Waals surface area contributed by atoms with Gasteiger partial charge in [-0.15, -0.1) is 0 Å². The van der Waals surface area contributed by atoms with Crippen molar-refractivity contribution in [1.29, 1.82) is 0 Å². The Bertz CT molecular complexity index is 769. The molecular weight excluding hydrogens is 378 g/mol. The average molecular weight is 399 g/mol. The van der Waals surface area contributed by atoms with Crippen molar-refractivity contribution >= 4 is 29.1 Å². The summed E-state index contributed by atoms with van der Waals surface area (Å²) in [5.74, 6) is -0.578. The SMILES string of the molecule is CC[C@@H](N[C@@H](C)CC(N)=O)c1ccc(Cl)c(Oc2ccc(Cl)cc2)c1F. The van der Waals surface area contributed by atoms with Gasteiger partial charge in [0.15, 0.2) is 11.6 Å². The van der Waals surface area contributed by atoms with Crippen LogP contribution in [0.4, 0.5) is 4.39 Å². The van der Waals surface area contributed by atoms with Gasteiger partial charge in [0, 0.05) is 29.1 Å². The molecule has 0 fully saturated rings. The fourth-order valence-corrected chi connectivity index (χ4v) is 2.97. The monoisotopic (exact) mass is 398 g/mol. The van der Waals surface area contributed by atoms with E-state index in [4.69, 9.17) is 33.7 Å². The van der Waals surface area contributed by atoms with E-state index in [0.717, 1.165) is 0 Å². The lowest BCUT2D eigenvalue weighted by Gasteiger charge is -2.23. The summed E-state index contributed by atoms with van der Waals surface area (Å²) >= 11 is 12.0. The molecule has 0 bridgehead atoms. The van der Waals surface area contributed by atoms with Crippen molar-refractivity contribution in [3.8, 4) is 11.5 Å². The van der Waals surface area contributed by atoms with Gasteiger partial charge >= 0.3 is 0 Å². The van der Waals surface area contributed by atoms with Gasteiger partial charge in [-0.2, -0.15) is 0 Å². The van der Waals surface area contributed by atoms with Crippen LogP contribution in [0.2, 0.25) is 10.0 Å². The number of nitrogens with two attached hydrogens (primary N) is 1. The minimum Gasteiger partial charge on any atom is -0.453 e. The topological polar surface area (TPSA) is 64.3 Å². The smallest absolute Gasteiger partial charge is 0.218 e. The normalized spacial score (nSPS) is 13.3. The lowest BCUT2D eigenvalue weighted by atomic mass is 10.0. The number of benzene rings is 2. The number of amides is 1. The molecule has 0 unspecified atom stereocenters. The number of carbonyl (C=O) groups excluding carboxylic acids is 1. The fraction of sp³-hybridized carbons (Fsp3) is 0.316. The highest BCUT2D eigenvalue weighted by molar-refractivity contribution is 6.32. The zero-order valence-corrected chi connectivity index (χ0v) is 16.1. The van der Waals surface area contributed by atoms with E-state index in [1.165, 1.54) is 0 Å². The molecule has 0 radical (unpaired) electrons. The molecule has 2 atom stereocenters. The largest absolute Gasteiger partial charge is 0.453 e. The Morgan fingerprint density at radius 1 is 1.23 bits per heavy atom. The van der Waals surface area contributed by atoms with Crippen LogP contribution in [-0.4, -0.2) is 11.9 Å². The first-order chi connectivity index (χ1) is 12.3. The molecule has 0 aromatic heterocycles. The second-order valence-corrected chi connectivity index (χ2v) is 6.88. The number of hydrogen-bond donors (Lipinski definition) is 2. The average Bonchev–Trinajstić information content (AvgIpc) is 2.58. The molecule has 1 amide bonds. The maximum Gasteiger partial charge on any atom is 0.218 e. The van der Waals surface area contributed by atoms with Gasteiger partial charge < -0.3 is 15.8 Å². The minimum atomic E-state index is -0.543. The van der Waals surface area contributed by atoms with Gasteiger partial charge in [0.05, 0.1) is 5.02 Å². The van der Waals surface area contributed by atoms with Crippen LogP contribution in [0.1, 0.15) is 38.3 Å². The third-order valence-corrected chi connectivity index (χ3v) is 4.44. The minimum absolute atomic E-state index is 0.0470. The Kier molecular flexibility index (Phi) is 7.26. The molecule has 2 aromatic carbocycles. The Morgan fingerprint density at radius 2 is 1.88 bits per heavy atom. The van der Waals surface area contributed by atoms with Crippen molar-refractivity contribution in [2.75, 3.05) is 0 Å². The van der Waals surface area contributed by atoms with E-state index in [0.29, 0.717) is 22.8 Å². The maximum absolute atomic E-state index is 15.1. The first-order valence-electron chi connectivity index (χ1n) is 8.27. The predicted octanol–water partition coefficient (Wildman–Crippen LogP) is 5.23. The molecule has 0 aliphatic heterocycles. The highest BCUT2D eigenvalue weighted by Gasteiger charge is 2.22. The second kappa shape index (κ2) is 9.21. The number of halogens is 3. The highest BCUT2D eigenvalue weighted by Crippen LogP contribution is 2.36. The lowest BCUT2D eigenvalue weighted by Crippen LogP contribution is -2.34. The number of primary amides is 1. The molecule has 0 aliphatic carbocycles. The summed E-state index contributed by atoms with van der Waals surface area (Å²) in [5.41, 5.74) is 5.63. The van der Waals surface area contributed by atoms with Crippen molar-refractivity contribution < 1.29 is 13.9 Å². The molecule has 2 aromatic rings. The molecule has 0 saturated heterocycles. The third-order valence-electron chi connectivity index (χ3n) is 3.89. The summed E-state index contributed by atoms with van der Waals surface area (Å²) in [6.07, 6.45) is 0.780. The quantitative estimate of drug-likeness (QED) is 0.639. The summed E-state index contributed by atoms with van der Waals surface area (Å²) in [6, 6.07) is 9.27. The molecule has 4 nitrogen and oxygen atoms in total. The first-order valence-corrected chi connectivity index (χ1v) is 9.03. The Hall–Kier alpha value is -1.82. The van der Waals surface area contributed by atoms with E-state index in [1.54, 1.807) is 36.4 Å². The van der Waals surface area contributed by atoms with E-state index in [-0.39, 0.29) is 29.3 Å². The molecule has 26 heavy (non-hydrogen) atoms. The van der Waals surface area contributed by atoms with Crippen LogP contribution >= 0.6 is 23.2 Å². The van der Waals surface area contributed by atoms with E-state index in [1.807, 2.05) is 13.8 Å². The van der Waals surface area contributed by atoms with Crippen LogP contribution in [0.25, 0.3) is 0 Å². The standard InChI is InChI=1S/C19H21Cl2FN2O2/c1-3-16(24-11(2)10-17(23)25)14-8-9-15(21)19(18(14)22)26-13-6-4-12(20)5-7-13/h4-9,11,16,24H,3,10H2,1-2H3,(H2,23,25)/t11-,16+/m0/s1. The van der Waals surface area contributed by atoms with Crippen molar-refractivity contribution in [3.05, 3.63) is 57.8 Å². The van der Waals surface area contributed by atoms with E-state index in [2.05, 4.69) is 5.32 Å². The van der Waals surface area contributed by atoms with Gasteiger partial charge in [-0.05, 0) is 43.7 Å². The molecule has 0 saturated carbocycles. The van der Waals surface area contributed by atoms with Crippen LogP contribution in [0.5, 0.6) is 11.5 Å². The fourth-order valence-electron chi connectivity index (χ4n) is 2.66. The summed E-state index contributed by atoms with van der Waals surface area (Å²) in [6.45, 7) is 3.74. The number of nitrogens with one attached hydrogen (secondary N) is 1. The van der Waals surface area contributed by atoms with Crippen molar-refractivity contribution in [3.63, 3.8) is 0 Å². The van der Waals surface area contributed by atoms with Crippen LogP contribution in [0.15, 0.2) is 36.4 Å². The number of hydrogen-bond acceptors (Lipinski definition) is 3. The lowest BCUT2D eigenvalue weighted by molar-refractivity contribution is -0.118. The van der Waals surface area contributed by atoms with Gasteiger partial charge in [-0.1, -0.05) is 36.2 Å². The Labute approximate surface area is 162 Å². The van der Waals surface area contributed by atoms with E-state index >= 15 is 4.39 Å². The molecule has 7 heteroatoms. The Morgan fingerprint density at radius 3 is 2.46 bits per heavy atom. The summed E-state index contributed by atoms with van der Waals surface area (Å²) < 4.78 is 20.7. The van der Waals surface area contributed by atoms with Crippen LogP contribution in [0, 0.1) is 5.82 Å². The molecule has 140 valence electrons. The molecule has 0 heterocycles. The van der Waals surface area contributed by atoms with Crippen molar-refractivity contribution in [2.24, 2.45) is 5.73 Å². The summed E-state index contributed by atoms with van der Waals surface area (Å²) in [7, 11) is 0. The molecule has 3 N–H and O–H groups in total. The molecule has 2 rings (SSSR count). The van der Waals surface area contributed by atoms with Gasteiger partial charge in [0.1, 0.15) is 5.75 Å². The second-order valence-electron chi connectivity index (χ2n) is 6.03. The van der Waals surface area contributed by atoms with Crippen molar-refractivity contribution in [2.45, 2.75) is 38.8 Å². The number of ether oxygens (including phenoxy) is 1. The van der Waals surface area contributed by atoms with Crippen molar-refractivity contribution in [1.82, 2.24) is 5.32 Å². The van der Waals surface area contributed by atoms with Crippen LogP contribution < -0.4 is 15.8 Å². The molecule has 0 spiro atoms. The molecule has 0 aliphatic rings. The van der Waals surface area contributed by atoms with Crippen LogP contribution in [0.3, 0.4) is 0 Å². The number of carbonyl (C=O) groups is 1. The molecular formula is C19H21Cl2FN2O2.